The van der Waals surface area contributed by atoms with Crippen LogP contribution >= 0.6 is 11.3 Å². The smallest absolute Gasteiger partial charge is 0.223 e. The van der Waals surface area contributed by atoms with Gasteiger partial charge in [0, 0.05) is 32.0 Å². The summed E-state index contributed by atoms with van der Waals surface area (Å²) in [7, 11) is 0. The molecule has 4 nitrogen and oxygen atoms in total. The number of hydrogen-bond donors (Lipinski definition) is 1. The van der Waals surface area contributed by atoms with Crippen molar-refractivity contribution < 1.29 is 9.59 Å². The molecule has 110 valence electrons. The summed E-state index contributed by atoms with van der Waals surface area (Å²) < 4.78 is 0. The van der Waals surface area contributed by atoms with Crippen molar-refractivity contribution in [2.75, 3.05) is 13.1 Å². The number of Topliss-reactive ketones (excluding diaryl/α,β-unsaturated/α-hetero) is 1. The van der Waals surface area contributed by atoms with Crippen LogP contribution in [0, 0.1) is 5.92 Å². The maximum Gasteiger partial charge on any atom is 0.223 e. The van der Waals surface area contributed by atoms with Crippen molar-refractivity contribution in [3.8, 4) is 0 Å². The lowest BCUT2D eigenvalue weighted by atomic mass is 9.92. The molecule has 1 amide bonds. The third kappa shape index (κ3) is 3.90. The zero-order valence-corrected chi connectivity index (χ0v) is 12.7. The van der Waals surface area contributed by atoms with Crippen molar-refractivity contribution in [3.63, 3.8) is 0 Å². The van der Waals surface area contributed by atoms with E-state index in [1.807, 2.05) is 29.3 Å². The molecule has 1 fully saturated rings. The number of hydrogen-bond acceptors (Lipinski definition) is 4. The second-order valence-electron chi connectivity index (χ2n) is 5.50. The molecule has 0 saturated carbocycles. The second kappa shape index (κ2) is 6.99. The molecule has 0 aromatic carbocycles. The lowest BCUT2D eigenvalue weighted by Gasteiger charge is -2.34. The van der Waals surface area contributed by atoms with E-state index in [-0.39, 0.29) is 17.7 Å². The van der Waals surface area contributed by atoms with Crippen molar-refractivity contribution in [2.45, 2.75) is 38.6 Å². The molecule has 0 bridgehead atoms. The summed E-state index contributed by atoms with van der Waals surface area (Å²) >= 11 is 1.43. The molecule has 1 aromatic rings. The number of likely N-dealkylation sites (tertiary alicyclic amines) is 1. The summed E-state index contributed by atoms with van der Waals surface area (Å²) in [6.07, 6.45) is 2.72. The fraction of sp³-hybridized carbons (Fsp3) is 0.600. The van der Waals surface area contributed by atoms with Crippen LogP contribution in [0.1, 0.15) is 42.3 Å². The Hall–Kier alpha value is -1.20. The highest BCUT2D eigenvalue weighted by atomic mass is 32.1. The number of carbonyl (C=O) groups excluding carboxylic acids is 2. The third-order valence-electron chi connectivity index (χ3n) is 3.92. The predicted octanol–water partition coefficient (Wildman–Crippen LogP) is 2.30. The highest BCUT2D eigenvalue weighted by Crippen LogP contribution is 2.20. The SMILES string of the molecule is CC(N)C1CCCN(C(=O)CCC(=O)c2cccs2)C1. The van der Waals surface area contributed by atoms with Crippen LogP contribution in [0.15, 0.2) is 17.5 Å². The van der Waals surface area contributed by atoms with E-state index in [0.717, 1.165) is 30.8 Å². The van der Waals surface area contributed by atoms with E-state index in [1.165, 1.54) is 11.3 Å². The number of nitrogens with two attached hydrogens (primary N) is 1. The van der Waals surface area contributed by atoms with Gasteiger partial charge >= 0.3 is 0 Å². The molecule has 2 N–H and O–H groups in total. The number of amides is 1. The topological polar surface area (TPSA) is 63.4 Å². The molecule has 0 radical (unpaired) electrons. The minimum Gasteiger partial charge on any atom is -0.342 e. The normalized spacial score (nSPS) is 20.7. The van der Waals surface area contributed by atoms with Crippen molar-refractivity contribution in [1.29, 1.82) is 0 Å². The van der Waals surface area contributed by atoms with Crippen LogP contribution in [0.3, 0.4) is 0 Å². The second-order valence-corrected chi connectivity index (χ2v) is 6.45. The molecule has 20 heavy (non-hydrogen) atoms. The first-order valence-corrected chi connectivity index (χ1v) is 8.06. The molecule has 2 atom stereocenters. The minimum absolute atomic E-state index is 0.0640. The number of ketones is 1. The van der Waals surface area contributed by atoms with E-state index in [1.54, 1.807) is 0 Å². The lowest BCUT2D eigenvalue weighted by molar-refractivity contribution is -0.133. The summed E-state index contributed by atoms with van der Waals surface area (Å²) in [5.41, 5.74) is 5.93. The monoisotopic (exact) mass is 294 g/mol. The van der Waals surface area contributed by atoms with E-state index < -0.39 is 0 Å². The Labute approximate surface area is 124 Å². The zero-order valence-electron chi connectivity index (χ0n) is 11.9. The van der Waals surface area contributed by atoms with Crippen LogP contribution in [-0.4, -0.2) is 35.7 Å². The van der Waals surface area contributed by atoms with Crippen LogP contribution in [0.5, 0.6) is 0 Å². The molecular formula is C15H22N2O2S. The molecule has 1 saturated heterocycles. The highest BCUT2D eigenvalue weighted by molar-refractivity contribution is 7.12. The first kappa shape index (κ1) is 15.2. The standard InChI is InChI=1S/C15H22N2O2S/c1-11(16)12-4-2-8-17(10-12)15(19)7-6-13(18)14-5-3-9-20-14/h3,5,9,11-12H,2,4,6-8,10,16H2,1H3. The molecular weight excluding hydrogens is 272 g/mol. The van der Waals surface area contributed by atoms with Gasteiger partial charge in [-0.25, -0.2) is 0 Å². The van der Waals surface area contributed by atoms with Gasteiger partial charge < -0.3 is 10.6 Å². The Morgan fingerprint density at radius 1 is 1.50 bits per heavy atom. The number of nitrogens with zero attached hydrogens (tertiary/aromatic N) is 1. The Kier molecular flexibility index (Phi) is 5.31. The van der Waals surface area contributed by atoms with Crippen molar-refractivity contribution >= 4 is 23.0 Å². The van der Waals surface area contributed by atoms with Gasteiger partial charge in [-0.3, -0.25) is 9.59 Å². The Balaban J connectivity index is 1.81. The van der Waals surface area contributed by atoms with Gasteiger partial charge in [-0.1, -0.05) is 6.07 Å². The largest absolute Gasteiger partial charge is 0.342 e. The fourth-order valence-corrected chi connectivity index (χ4v) is 3.30. The number of carbonyl (C=O) groups is 2. The van der Waals surface area contributed by atoms with Crippen LogP contribution in [0.4, 0.5) is 0 Å². The molecule has 5 heteroatoms. The van der Waals surface area contributed by atoms with Gasteiger partial charge in [0.15, 0.2) is 5.78 Å². The molecule has 2 rings (SSSR count). The van der Waals surface area contributed by atoms with Gasteiger partial charge in [-0.15, -0.1) is 11.3 Å². The summed E-state index contributed by atoms with van der Waals surface area (Å²) in [6, 6.07) is 3.79. The third-order valence-corrected chi connectivity index (χ3v) is 4.83. The van der Waals surface area contributed by atoms with Gasteiger partial charge in [0.05, 0.1) is 4.88 Å². The lowest BCUT2D eigenvalue weighted by Crippen LogP contribution is -2.45. The molecule has 2 unspecified atom stereocenters. The molecule has 1 aliphatic heterocycles. The Morgan fingerprint density at radius 3 is 2.95 bits per heavy atom. The quantitative estimate of drug-likeness (QED) is 0.848. The maximum absolute atomic E-state index is 12.2. The van der Waals surface area contributed by atoms with E-state index in [2.05, 4.69) is 0 Å². The molecule has 2 heterocycles. The zero-order chi connectivity index (χ0) is 14.5. The van der Waals surface area contributed by atoms with E-state index in [9.17, 15) is 9.59 Å². The van der Waals surface area contributed by atoms with Gasteiger partial charge in [-0.05, 0) is 37.1 Å². The summed E-state index contributed by atoms with van der Waals surface area (Å²) in [4.78, 5) is 26.7. The average molecular weight is 294 g/mol. The van der Waals surface area contributed by atoms with Gasteiger partial charge in [0.1, 0.15) is 0 Å². The van der Waals surface area contributed by atoms with Gasteiger partial charge in [-0.2, -0.15) is 0 Å². The number of thiophene rings is 1. The Morgan fingerprint density at radius 2 is 2.30 bits per heavy atom. The summed E-state index contributed by atoms with van der Waals surface area (Å²) in [5.74, 6) is 0.537. The molecule has 1 aromatic heterocycles. The van der Waals surface area contributed by atoms with Crippen molar-refractivity contribution in [3.05, 3.63) is 22.4 Å². The highest BCUT2D eigenvalue weighted by Gasteiger charge is 2.25. The van der Waals surface area contributed by atoms with Crippen LogP contribution in [0.2, 0.25) is 0 Å². The summed E-state index contributed by atoms with van der Waals surface area (Å²) in [6.45, 7) is 3.54. The first-order valence-electron chi connectivity index (χ1n) is 7.18. The van der Waals surface area contributed by atoms with E-state index in [4.69, 9.17) is 5.73 Å². The molecule has 1 aliphatic rings. The molecule has 0 aliphatic carbocycles. The molecule has 0 spiro atoms. The van der Waals surface area contributed by atoms with Crippen molar-refractivity contribution in [2.24, 2.45) is 11.7 Å². The Bertz CT molecular complexity index is 456. The minimum atomic E-state index is 0.0640. The van der Waals surface area contributed by atoms with Gasteiger partial charge in [0.2, 0.25) is 5.91 Å². The van der Waals surface area contributed by atoms with E-state index >= 15 is 0 Å². The van der Waals surface area contributed by atoms with E-state index in [0.29, 0.717) is 18.8 Å². The maximum atomic E-state index is 12.2. The van der Waals surface area contributed by atoms with Gasteiger partial charge in [0.25, 0.3) is 0 Å². The van der Waals surface area contributed by atoms with Crippen LogP contribution in [-0.2, 0) is 4.79 Å². The number of rotatable bonds is 5. The van der Waals surface area contributed by atoms with Crippen LogP contribution in [0.25, 0.3) is 0 Å². The summed E-state index contributed by atoms with van der Waals surface area (Å²) in [5, 5.41) is 1.88. The number of piperidine rings is 1. The van der Waals surface area contributed by atoms with Crippen LogP contribution < -0.4 is 5.73 Å². The predicted molar refractivity (Wildman–Crippen MR) is 80.8 cm³/mol. The van der Waals surface area contributed by atoms with Crippen molar-refractivity contribution in [1.82, 2.24) is 4.90 Å². The average Bonchev–Trinajstić information content (AvgIpc) is 2.98. The fourth-order valence-electron chi connectivity index (χ4n) is 2.60. The first-order chi connectivity index (χ1) is 9.58.